The molecule has 0 aromatic heterocycles. The van der Waals surface area contributed by atoms with Crippen LogP contribution in [0.1, 0.15) is 37.8 Å². The minimum absolute atomic E-state index is 0.282. The monoisotopic (exact) mass is 434 g/mol. The van der Waals surface area contributed by atoms with Gasteiger partial charge < -0.3 is 20.7 Å². The smallest absolute Gasteiger partial charge is 0.222 e. The largest absolute Gasteiger partial charge is 0.378 e. The average Bonchev–Trinajstić information content (AvgIpc) is 2.84. The van der Waals surface area contributed by atoms with Crippen molar-refractivity contribution in [1.82, 2.24) is 4.90 Å². The number of hydrogen-bond acceptors (Lipinski definition) is 7. The Balaban J connectivity index is 1.62. The van der Waals surface area contributed by atoms with Gasteiger partial charge in [-0.1, -0.05) is 44.5 Å². The minimum atomic E-state index is -0.390. The molecule has 0 bridgehead atoms. The Labute approximate surface area is 191 Å². The number of guanidine groups is 2. The molecule has 0 radical (unpaired) electrons. The number of hydrogen-bond donors (Lipinski definition) is 2. The number of unbranched alkanes of at least 4 members (excludes halogenated alkanes) is 1. The molecule has 1 saturated heterocycles. The van der Waals surface area contributed by atoms with Gasteiger partial charge in [0.05, 0.1) is 13.2 Å². The summed E-state index contributed by atoms with van der Waals surface area (Å²) >= 11 is 0. The third kappa shape index (κ3) is 5.22. The minimum Gasteiger partial charge on any atom is -0.378 e. The second-order valence-corrected chi connectivity index (χ2v) is 8.21. The first kappa shape index (κ1) is 22.1. The second kappa shape index (κ2) is 10.5. The summed E-state index contributed by atoms with van der Waals surface area (Å²) in [4.78, 5) is 13.7. The number of nitrogens with two attached hydrogens (primary N) is 1. The Hall–Kier alpha value is -3.06. The van der Waals surface area contributed by atoms with Crippen LogP contribution in [-0.2, 0) is 17.6 Å². The maximum absolute atomic E-state index is 6.18. The molecular weight excluding hydrogens is 400 g/mol. The number of aryl methyl sites for hydroxylation is 2. The van der Waals surface area contributed by atoms with Gasteiger partial charge in [0, 0.05) is 24.5 Å². The molecule has 32 heavy (non-hydrogen) atoms. The van der Waals surface area contributed by atoms with Crippen LogP contribution in [-0.4, -0.2) is 49.4 Å². The van der Waals surface area contributed by atoms with E-state index in [0.717, 1.165) is 43.3 Å². The van der Waals surface area contributed by atoms with Crippen molar-refractivity contribution in [3.05, 3.63) is 59.7 Å². The number of aliphatic imine (C=N–C) groups is 2. The molecule has 2 aromatic rings. The highest BCUT2D eigenvalue weighted by atomic mass is 16.5. The van der Waals surface area contributed by atoms with Crippen LogP contribution < -0.4 is 16.0 Å². The summed E-state index contributed by atoms with van der Waals surface area (Å²) in [6, 6.07) is 17.2. The van der Waals surface area contributed by atoms with E-state index in [1.165, 1.54) is 24.0 Å². The molecule has 2 aromatic carbocycles. The van der Waals surface area contributed by atoms with E-state index >= 15 is 0 Å². The van der Waals surface area contributed by atoms with Crippen molar-refractivity contribution < 1.29 is 4.74 Å². The van der Waals surface area contributed by atoms with Crippen molar-refractivity contribution in [3.63, 3.8) is 0 Å². The van der Waals surface area contributed by atoms with Gasteiger partial charge in [-0.25, -0.2) is 4.99 Å². The fourth-order valence-electron chi connectivity index (χ4n) is 4.01. The van der Waals surface area contributed by atoms with Crippen LogP contribution in [0, 0.1) is 0 Å². The van der Waals surface area contributed by atoms with E-state index in [-0.39, 0.29) is 12.2 Å². The molecule has 0 spiro atoms. The van der Waals surface area contributed by atoms with Gasteiger partial charge >= 0.3 is 0 Å². The maximum Gasteiger partial charge on any atom is 0.222 e. The Morgan fingerprint density at radius 3 is 2.34 bits per heavy atom. The van der Waals surface area contributed by atoms with Gasteiger partial charge in [-0.3, -0.25) is 4.90 Å². The van der Waals surface area contributed by atoms with Crippen molar-refractivity contribution in [1.29, 1.82) is 0 Å². The topological polar surface area (TPSA) is 78.5 Å². The van der Waals surface area contributed by atoms with Crippen molar-refractivity contribution >= 4 is 23.3 Å². The summed E-state index contributed by atoms with van der Waals surface area (Å²) in [6.07, 6.45) is 4.12. The van der Waals surface area contributed by atoms with Crippen molar-refractivity contribution in [3.8, 4) is 0 Å². The lowest BCUT2D eigenvalue weighted by Crippen LogP contribution is -2.57. The van der Waals surface area contributed by atoms with E-state index in [1.807, 2.05) is 0 Å². The van der Waals surface area contributed by atoms with Gasteiger partial charge in [-0.2, -0.15) is 4.99 Å². The number of nitrogens with one attached hydrogen (secondary N) is 1. The Morgan fingerprint density at radius 2 is 1.69 bits per heavy atom. The van der Waals surface area contributed by atoms with Gasteiger partial charge in [-0.05, 0) is 54.7 Å². The standard InChI is InChI=1S/C25H34N6O/c1-3-5-6-20-7-11-21(12-8-20)27-24-28-23(26)29-25(30-15-17-32-18-16-30)31(24)22-13-9-19(4-2)10-14-22/h7-14,24,27H,3-6,15-18H2,1-2H3,(H2,26,28). The zero-order chi connectivity index (χ0) is 22.3. The summed E-state index contributed by atoms with van der Waals surface area (Å²) in [6.45, 7) is 7.28. The zero-order valence-corrected chi connectivity index (χ0v) is 19.1. The normalized spacial score (nSPS) is 18.9. The second-order valence-electron chi connectivity index (χ2n) is 8.21. The number of ether oxygens (including phenoxy) is 1. The number of anilines is 2. The van der Waals surface area contributed by atoms with Gasteiger partial charge in [0.25, 0.3) is 0 Å². The summed E-state index contributed by atoms with van der Waals surface area (Å²) in [7, 11) is 0. The van der Waals surface area contributed by atoms with Crippen molar-refractivity contribution in [2.45, 2.75) is 45.8 Å². The number of benzene rings is 2. The summed E-state index contributed by atoms with van der Waals surface area (Å²) < 4.78 is 5.56. The Kier molecular flexibility index (Phi) is 7.27. The molecule has 2 aliphatic rings. The predicted octanol–water partition coefficient (Wildman–Crippen LogP) is 3.81. The first-order valence-electron chi connectivity index (χ1n) is 11.7. The molecule has 7 nitrogen and oxygen atoms in total. The van der Waals surface area contributed by atoms with Crippen LogP contribution in [0.25, 0.3) is 0 Å². The molecule has 7 heteroatoms. The molecule has 2 aliphatic heterocycles. The molecule has 1 unspecified atom stereocenters. The number of morpholine rings is 1. The Bertz CT molecular complexity index is 932. The summed E-state index contributed by atoms with van der Waals surface area (Å²) in [5.41, 5.74) is 10.9. The predicted molar refractivity (Wildman–Crippen MR) is 132 cm³/mol. The van der Waals surface area contributed by atoms with E-state index in [9.17, 15) is 0 Å². The molecule has 0 amide bonds. The fourth-order valence-corrected chi connectivity index (χ4v) is 4.01. The lowest BCUT2D eigenvalue weighted by atomic mass is 10.1. The van der Waals surface area contributed by atoms with Crippen LogP contribution in [0.2, 0.25) is 0 Å². The third-order valence-electron chi connectivity index (χ3n) is 5.91. The Morgan fingerprint density at radius 1 is 1.00 bits per heavy atom. The SMILES string of the molecule is CCCCc1ccc(NC2N=C(N)N=C(N3CCOCC3)N2c2ccc(CC)cc2)cc1. The molecular formula is C25H34N6O. The fraction of sp³-hybridized carbons (Fsp3) is 0.440. The first-order chi connectivity index (χ1) is 15.7. The van der Waals surface area contributed by atoms with Crippen LogP contribution in [0.15, 0.2) is 58.5 Å². The van der Waals surface area contributed by atoms with E-state index in [2.05, 4.69) is 87.5 Å². The third-order valence-corrected chi connectivity index (χ3v) is 5.91. The van der Waals surface area contributed by atoms with Crippen molar-refractivity contribution in [2.75, 3.05) is 36.5 Å². The lowest BCUT2D eigenvalue weighted by Gasteiger charge is -2.41. The maximum atomic E-state index is 6.18. The molecule has 0 saturated carbocycles. The van der Waals surface area contributed by atoms with Crippen LogP contribution >= 0.6 is 0 Å². The lowest BCUT2D eigenvalue weighted by molar-refractivity contribution is 0.0671. The van der Waals surface area contributed by atoms with E-state index < -0.39 is 0 Å². The molecule has 170 valence electrons. The van der Waals surface area contributed by atoms with Gasteiger partial charge in [-0.15, -0.1) is 0 Å². The van der Waals surface area contributed by atoms with Crippen molar-refractivity contribution in [2.24, 2.45) is 15.7 Å². The molecule has 4 rings (SSSR count). The highest BCUT2D eigenvalue weighted by Crippen LogP contribution is 2.25. The van der Waals surface area contributed by atoms with Crippen LogP contribution in [0.3, 0.4) is 0 Å². The highest BCUT2D eigenvalue weighted by molar-refractivity contribution is 6.06. The summed E-state index contributed by atoms with van der Waals surface area (Å²) in [5.74, 6) is 1.09. The van der Waals surface area contributed by atoms with Crippen LogP contribution in [0.5, 0.6) is 0 Å². The molecule has 2 heterocycles. The van der Waals surface area contributed by atoms with E-state index in [0.29, 0.717) is 13.2 Å². The van der Waals surface area contributed by atoms with E-state index in [1.54, 1.807) is 0 Å². The first-order valence-corrected chi connectivity index (χ1v) is 11.7. The highest BCUT2D eigenvalue weighted by Gasteiger charge is 2.32. The molecule has 1 atom stereocenters. The molecule has 3 N–H and O–H groups in total. The molecule has 0 aliphatic carbocycles. The number of rotatable bonds is 7. The summed E-state index contributed by atoms with van der Waals surface area (Å²) in [5, 5.41) is 3.56. The van der Waals surface area contributed by atoms with Gasteiger partial charge in [0.15, 0.2) is 0 Å². The van der Waals surface area contributed by atoms with E-state index in [4.69, 9.17) is 10.5 Å². The quantitative estimate of drug-likeness (QED) is 0.693. The van der Waals surface area contributed by atoms with Gasteiger partial charge in [0.2, 0.25) is 18.2 Å². The van der Waals surface area contributed by atoms with Crippen LogP contribution in [0.4, 0.5) is 11.4 Å². The average molecular weight is 435 g/mol. The van der Waals surface area contributed by atoms with Gasteiger partial charge in [0.1, 0.15) is 0 Å². The number of nitrogens with zero attached hydrogens (tertiary/aromatic N) is 4. The molecule has 1 fully saturated rings. The zero-order valence-electron chi connectivity index (χ0n) is 19.1.